The van der Waals surface area contributed by atoms with Crippen LogP contribution in [0.5, 0.6) is 0 Å². The Balaban J connectivity index is 1.63. The Morgan fingerprint density at radius 2 is 1.70 bits per heavy atom. The fourth-order valence-electron chi connectivity index (χ4n) is 5.04. The van der Waals surface area contributed by atoms with Crippen LogP contribution in [0.4, 0.5) is 5.69 Å². The highest BCUT2D eigenvalue weighted by Crippen LogP contribution is 2.48. The van der Waals surface area contributed by atoms with Crippen LogP contribution in [0.1, 0.15) is 33.3 Å². The van der Waals surface area contributed by atoms with Crippen LogP contribution in [-0.2, 0) is 16.8 Å². The van der Waals surface area contributed by atoms with Crippen molar-refractivity contribution in [1.82, 2.24) is 9.47 Å². The van der Waals surface area contributed by atoms with Crippen molar-refractivity contribution in [2.24, 2.45) is 0 Å². The molecule has 0 spiro atoms. The number of fused-ring (bicyclic) bond motifs is 1. The van der Waals surface area contributed by atoms with Gasteiger partial charge in [-0.05, 0) is 54.8 Å². The van der Waals surface area contributed by atoms with Gasteiger partial charge in [-0.15, -0.1) is 11.3 Å². The molecule has 8 heteroatoms. The Morgan fingerprint density at radius 3 is 2.32 bits per heavy atom. The average Bonchev–Trinajstić information content (AvgIpc) is 3.44. The van der Waals surface area contributed by atoms with E-state index in [2.05, 4.69) is 74.2 Å². The Hall–Kier alpha value is -2.94. The smallest absolute Gasteiger partial charge is 0.269 e. The van der Waals surface area contributed by atoms with Gasteiger partial charge in [-0.3, -0.25) is 19.1 Å². The van der Waals surface area contributed by atoms with Gasteiger partial charge in [-0.25, -0.2) is 0 Å². The molecule has 2 aliphatic heterocycles. The molecule has 0 bridgehead atoms. The van der Waals surface area contributed by atoms with Gasteiger partial charge >= 0.3 is 0 Å². The van der Waals surface area contributed by atoms with Gasteiger partial charge in [0.2, 0.25) is 0 Å². The summed E-state index contributed by atoms with van der Waals surface area (Å²) >= 11 is 7.93. The number of likely N-dealkylation sites (N-methyl/N-ethyl adjacent to an activating group) is 1. The van der Waals surface area contributed by atoms with E-state index in [4.69, 9.17) is 12.2 Å². The van der Waals surface area contributed by atoms with Gasteiger partial charge in [-0.1, -0.05) is 74.2 Å². The zero-order valence-electron chi connectivity index (χ0n) is 21.6. The Labute approximate surface area is 230 Å². The van der Waals surface area contributed by atoms with E-state index in [1.807, 2.05) is 19.1 Å². The van der Waals surface area contributed by atoms with E-state index < -0.39 is 0 Å². The predicted molar refractivity (Wildman–Crippen MR) is 160 cm³/mol. The second-order valence-electron chi connectivity index (χ2n) is 9.57. The summed E-state index contributed by atoms with van der Waals surface area (Å²) in [4.78, 5) is 30.4. The molecule has 0 N–H and O–H groups in total. The molecular formula is C29H29N3O2S3. The number of hydrogen-bond donors (Lipinski definition) is 0. The van der Waals surface area contributed by atoms with Gasteiger partial charge in [-0.2, -0.15) is 0 Å². The topological polar surface area (TPSA) is 45.5 Å². The lowest BCUT2D eigenvalue weighted by Crippen LogP contribution is -2.32. The molecular weight excluding hydrogens is 519 g/mol. The fraction of sp³-hybridized carbons (Fsp3) is 0.276. The van der Waals surface area contributed by atoms with Gasteiger partial charge in [0.1, 0.15) is 13.9 Å². The molecule has 0 saturated carbocycles. The van der Waals surface area contributed by atoms with Gasteiger partial charge in [0.25, 0.3) is 11.5 Å². The van der Waals surface area contributed by atoms with Crippen molar-refractivity contribution in [3.8, 4) is 11.1 Å². The van der Waals surface area contributed by atoms with Crippen LogP contribution in [0.25, 0.3) is 22.1 Å². The van der Waals surface area contributed by atoms with Gasteiger partial charge in [0.15, 0.2) is 0 Å². The van der Waals surface area contributed by atoms with E-state index in [9.17, 15) is 9.59 Å². The molecule has 5 nitrogen and oxygen atoms in total. The molecule has 0 radical (unpaired) electrons. The quantitative estimate of drug-likeness (QED) is 0.444. The average molecular weight is 548 g/mol. The minimum absolute atomic E-state index is 0.0801. The highest BCUT2D eigenvalue weighted by Gasteiger charge is 2.39. The molecule has 1 amide bonds. The maximum atomic E-state index is 13.3. The maximum Gasteiger partial charge on any atom is 0.269 e. The number of thioether (sulfide) groups is 1. The van der Waals surface area contributed by atoms with Gasteiger partial charge in [0.05, 0.1) is 4.53 Å². The van der Waals surface area contributed by atoms with E-state index >= 15 is 0 Å². The number of allylic oxidation sites excluding steroid dienone is 2. The van der Waals surface area contributed by atoms with E-state index in [1.165, 1.54) is 50.4 Å². The molecule has 0 unspecified atom stereocenters. The van der Waals surface area contributed by atoms with Crippen molar-refractivity contribution in [2.75, 3.05) is 18.5 Å². The lowest BCUT2D eigenvalue weighted by molar-refractivity contribution is -0.119. The van der Waals surface area contributed by atoms with Crippen molar-refractivity contribution in [3.63, 3.8) is 0 Å². The monoisotopic (exact) mass is 547 g/mol. The van der Waals surface area contributed by atoms with Crippen LogP contribution < -0.4 is 19.7 Å². The van der Waals surface area contributed by atoms with Crippen molar-refractivity contribution in [2.45, 2.75) is 39.7 Å². The Morgan fingerprint density at radius 1 is 0.973 bits per heavy atom. The van der Waals surface area contributed by atoms with Crippen molar-refractivity contribution >= 4 is 62.2 Å². The van der Waals surface area contributed by atoms with Crippen LogP contribution in [-0.4, -0.2) is 33.3 Å². The van der Waals surface area contributed by atoms with E-state index in [0.717, 1.165) is 12.2 Å². The third-order valence-electron chi connectivity index (χ3n) is 7.09. The molecule has 5 rings (SSSR count). The highest BCUT2D eigenvalue weighted by atomic mass is 32.2. The summed E-state index contributed by atoms with van der Waals surface area (Å²) in [6.45, 7) is 9.86. The number of anilines is 1. The number of carbonyl (C=O) groups is 1. The minimum atomic E-state index is -0.239. The number of hydrogen-bond acceptors (Lipinski definition) is 6. The summed E-state index contributed by atoms with van der Waals surface area (Å²) in [5, 5.41) is 0. The summed E-state index contributed by atoms with van der Waals surface area (Å²) in [7, 11) is 1.67. The summed E-state index contributed by atoms with van der Waals surface area (Å²) in [5.74, 6) is -0.151. The summed E-state index contributed by atoms with van der Waals surface area (Å²) in [6, 6.07) is 17.1. The van der Waals surface area contributed by atoms with Crippen molar-refractivity contribution in [3.05, 3.63) is 85.4 Å². The van der Waals surface area contributed by atoms with Crippen molar-refractivity contribution in [1.29, 1.82) is 0 Å². The molecule has 1 saturated heterocycles. The number of amides is 1. The molecule has 37 heavy (non-hydrogen) atoms. The van der Waals surface area contributed by atoms with Crippen molar-refractivity contribution < 1.29 is 4.79 Å². The molecule has 1 fully saturated rings. The van der Waals surface area contributed by atoms with E-state index in [0.29, 0.717) is 25.0 Å². The third kappa shape index (κ3) is 4.21. The number of benzene rings is 2. The normalized spacial score (nSPS) is 19.9. The van der Waals surface area contributed by atoms with Crippen LogP contribution in [0.2, 0.25) is 0 Å². The number of rotatable bonds is 4. The lowest BCUT2D eigenvalue weighted by atomic mass is 9.82. The second-order valence-corrected chi connectivity index (χ2v) is 12.2. The van der Waals surface area contributed by atoms with Gasteiger partial charge in [0, 0.05) is 36.9 Å². The molecule has 1 aromatic heterocycles. The number of thiocarbonyl (C=S) groups is 1. The number of thiazole rings is 1. The maximum absolute atomic E-state index is 13.3. The standard InChI is InChI=1S/C29H29N3O2S3/c1-6-31-21-14-13-19(18-11-9-8-10-12-18)17-20(21)29(3,4)23(31)16-15-22-25(33)32(7-2)27(36-22)24-26(34)30(5)28(35)37-24/h8-17H,6-7H2,1-5H3. The lowest BCUT2D eigenvalue weighted by Gasteiger charge is -2.25. The minimum Gasteiger partial charge on any atom is -0.344 e. The zero-order valence-corrected chi connectivity index (χ0v) is 24.0. The van der Waals surface area contributed by atoms with Crippen LogP contribution in [0.15, 0.2) is 65.1 Å². The molecule has 3 heterocycles. The SMILES string of the molecule is CCN1C(=CC=c2sc(=C3SC(=S)N(C)C3=O)n(CC)c2=O)C(C)(C)c2cc(-c3ccccc3)ccc21. The summed E-state index contributed by atoms with van der Waals surface area (Å²) in [5.41, 5.74) is 5.69. The first-order valence-electron chi connectivity index (χ1n) is 12.3. The zero-order chi connectivity index (χ0) is 26.5. The largest absolute Gasteiger partial charge is 0.344 e. The number of carbonyl (C=O) groups excluding carboxylic acids is 1. The summed E-state index contributed by atoms with van der Waals surface area (Å²) < 4.78 is 3.47. The number of nitrogens with zero attached hydrogens (tertiary/aromatic N) is 3. The van der Waals surface area contributed by atoms with Gasteiger partial charge < -0.3 is 4.90 Å². The van der Waals surface area contributed by atoms with Crippen LogP contribution in [0.3, 0.4) is 0 Å². The van der Waals surface area contributed by atoms with E-state index in [1.54, 1.807) is 11.6 Å². The first-order valence-corrected chi connectivity index (χ1v) is 14.4. The Bertz CT molecular complexity index is 1630. The van der Waals surface area contributed by atoms with Crippen LogP contribution >= 0.6 is 35.3 Å². The highest BCUT2D eigenvalue weighted by molar-refractivity contribution is 8.30. The molecule has 0 aliphatic carbocycles. The fourth-order valence-corrected chi connectivity index (χ4v) is 7.48. The molecule has 2 aliphatic rings. The molecule has 0 atom stereocenters. The second kappa shape index (κ2) is 9.74. The first-order chi connectivity index (χ1) is 17.7. The third-order valence-corrected chi connectivity index (χ3v) is 9.91. The number of aromatic nitrogens is 1. The molecule has 3 aromatic rings. The first kappa shape index (κ1) is 25.7. The summed E-state index contributed by atoms with van der Waals surface area (Å²) in [6.07, 6.45) is 3.99. The van der Waals surface area contributed by atoms with E-state index in [-0.39, 0.29) is 16.9 Å². The predicted octanol–water partition coefficient (Wildman–Crippen LogP) is 4.68. The molecule has 2 aromatic carbocycles. The van der Waals surface area contributed by atoms with Crippen LogP contribution in [0, 0.1) is 0 Å². The molecule has 190 valence electrons. The Kier molecular flexibility index (Phi) is 6.77.